The number of hydrogen-bond donors (Lipinski definition) is 2. The van der Waals surface area contributed by atoms with Gasteiger partial charge in [0.05, 0.1) is 25.2 Å². The third-order valence-electron chi connectivity index (χ3n) is 8.43. The summed E-state index contributed by atoms with van der Waals surface area (Å²) in [5, 5.41) is 12.6. The fourth-order valence-corrected chi connectivity index (χ4v) is 6.72. The molecule has 5 bridgehead atoms. The predicted molar refractivity (Wildman–Crippen MR) is 132 cm³/mol. The normalized spacial score (nSPS) is 38.1. The Hall–Kier alpha value is -2.72. The van der Waals surface area contributed by atoms with Gasteiger partial charge in [0.15, 0.2) is 0 Å². The van der Waals surface area contributed by atoms with E-state index in [-0.39, 0.29) is 43.5 Å². The third kappa shape index (κ3) is 4.58. The summed E-state index contributed by atoms with van der Waals surface area (Å²) in [7, 11) is 0. The highest BCUT2D eigenvalue weighted by atomic mass is 16.6. The van der Waals surface area contributed by atoms with E-state index in [1.54, 1.807) is 19.1 Å². The summed E-state index contributed by atoms with van der Waals surface area (Å²) in [6.07, 6.45) is 11.9. The van der Waals surface area contributed by atoms with Gasteiger partial charge in [-0.1, -0.05) is 43.6 Å². The van der Waals surface area contributed by atoms with Gasteiger partial charge in [-0.05, 0) is 26.2 Å². The first-order chi connectivity index (χ1) is 17.9. The molecule has 5 aliphatic rings. The highest BCUT2D eigenvalue weighted by Crippen LogP contribution is 2.55. The van der Waals surface area contributed by atoms with E-state index in [1.165, 1.54) is 4.90 Å². The monoisotopic (exact) mass is 515 g/mol. The first-order valence-electron chi connectivity index (χ1n) is 13.6. The van der Waals surface area contributed by atoms with Crippen molar-refractivity contribution in [1.29, 1.82) is 0 Å². The molecular weight excluding hydrogens is 478 g/mol. The first-order valence-corrected chi connectivity index (χ1v) is 13.6. The number of amides is 3. The number of carbonyl (C=O) groups is 4. The highest BCUT2D eigenvalue weighted by molar-refractivity contribution is 5.99. The maximum Gasteiger partial charge on any atom is 0.313 e. The largest absolute Gasteiger partial charge is 0.460 e. The number of rotatable bonds is 3. The van der Waals surface area contributed by atoms with E-state index < -0.39 is 41.7 Å². The lowest BCUT2D eigenvalue weighted by Crippen LogP contribution is -2.58. The molecule has 5 rings (SSSR count). The van der Waals surface area contributed by atoms with Crippen LogP contribution in [0.2, 0.25) is 0 Å². The number of nitrogens with zero attached hydrogens (tertiary/aromatic N) is 2. The number of esters is 1. The molecule has 4 heterocycles. The number of aliphatic hydroxyl groups excluding tert-OH is 1. The average molecular weight is 516 g/mol. The molecule has 37 heavy (non-hydrogen) atoms. The first kappa shape index (κ1) is 25.9. The SMILES string of the molecule is C[C@H]1CNC(=O)CC/C=C\CN(C2CCCCC2)C(=O)[C@H]2N(CCO)C(=O)[C@@H]3[C@@H](C(=O)O1)[C@H]1C=C[C@]32O1. The molecule has 0 radical (unpaired) electrons. The van der Waals surface area contributed by atoms with Crippen molar-refractivity contribution in [3.63, 3.8) is 0 Å². The number of hydrogen-bond acceptors (Lipinski definition) is 7. The summed E-state index contributed by atoms with van der Waals surface area (Å²) >= 11 is 0. The Kier molecular flexibility index (Phi) is 7.40. The number of β-amino-alcohol motifs (C(OH)–C–C–N with tert-alkyl or cyclic N) is 1. The number of cyclic esters (lactones) is 1. The van der Waals surface area contributed by atoms with Gasteiger partial charge in [-0.25, -0.2) is 0 Å². The van der Waals surface area contributed by atoms with Crippen LogP contribution in [0.15, 0.2) is 24.3 Å². The topological polar surface area (TPSA) is 125 Å². The molecule has 0 aromatic rings. The molecule has 202 valence electrons. The number of fused-ring (bicyclic) bond motifs is 2. The van der Waals surface area contributed by atoms with Crippen LogP contribution in [-0.2, 0) is 28.7 Å². The number of likely N-dealkylation sites (tertiary alicyclic amines) is 1. The summed E-state index contributed by atoms with van der Waals surface area (Å²) in [5.41, 5.74) is -1.28. The third-order valence-corrected chi connectivity index (χ3v) is 8.43. The molecule has 0 aromatic carbocycles. The molecule has 1 aliphatic carbocycles. The number of aliphatic hydroxyl groups is 1. The summed E-state index contributed by atoms with van der Waals surface area (Å²) in [6, 6.07) is -0.940. The average Bonchev–Trinajstić information content (AvgIpc) is 3.52. The lowest BCUT2D eigenvalue weighted by atomic mass is 9.74. The minimum absolute atomic E-state index is 0.0199. The number of ether oxygens (including phenoxy) is 2. The van der Waals surface area contributed by atoms with Crippen LogP contribution in [0.5, 0.6) is 0 Å². The minimum atomic E-state index is -1.28. The van der Waals surface area contributed by atoms with E-state index in [4.69, 9.17) is 9.47 Å². The molecule has 3 fully saturated rings. The van der Waals surface area contributed by atoms with Gasteiger partial charge < -0.3 is 29.7 Å². The predicted octanol–water partition coefficient (Wildman–Crippen LogP) is 0.689. The van der Waals surface area contributed by atoms with Crippen LogP contribution in [0.3, 0.4) is 0 Å². The standard InChI is InChI=1S/C27H37N3O7/c1-17-16-28-20(32)10-6-3-7-13-29(18-8-4-2-5-9-18)25(34)23-27-12-11-19(37-27)21(26(35)36-17)22(27)24(33)30(23)14-15-31/h3,7,11-12,17-19,21-23,31H,2,4-6,8-10,13-16H2,1H3,(H,28,32)/b7-3-/t17-,19+,21-,22-,23+,27-/m0/s1. The van der Waals surface area contributed by atoms with Gasteiger partial charge in [-0.15, -0.1) is 0 Å². The Balaban J connectivity index is 1.54. The fraction of sp³-hybridized carbons (Fsp3) is 0.704. The van der Waals surface area contributed by atoms with Gasteiger partial charge in [0.2, 0.25) is 17.7 Å². The molecule has 10 nitrogen and oxygen atoms in total. The summed E-state index contributed by atoms with van der Waals surface area (Å²) in [5.74, 6) is -3.12. The van der Waals surface area contributed by atoms with Crippen LogP contribution in [0.4, 0.5) is 0 Å². The van der Waals surface area contributed by atoms with Crippen molar-refractivity contribution in [3.05, 3.63) is 24.3 Å². The van der Waals surface area contributed by atoms with Gasteiger partial charge in [-0.2, -0.15) is 0 Å². The van der Waals surface area contributed by atoms with E-state index in [0.29, 0.717) is 19.4 Å². The van der Waals surface area contributed by atoms with Gasteiger partial charge >= 0.3 is 5.97 Å². The van der Waals surface area contributed by atoms with Gasteiger partial charge in [0.1, 0.15) is 23.7 Å². The minimum Gasteiger partial charge on any atom is -0.460 e. The second kappa shape index (κ2) is 10.6. The molecule has 0 unspecified atom stereocenters. The number of allylic oxidation sites excluding steroid dienone is 1. The van der Waals surface area contributed by atoms with Crippen LogP contribution < -0.4 is 5.32 Å². The Morgan fingerprint density at radius 1 is 1.11 bits per heavy atom. The zero-order valence-corrected chi connectivity index (χ0v) is 21.3. The second-order valence-electron chi connectivity index (χ2n) is 10.8. The van der Waals surface area contributed by atoms with Gasteiger partial charge in [-0.3, -0.25) is 19.2 Å². The van der Waals surface area contributed by atoms with Crippen molar-refractivity contribution in [3.8, 4) is 0 Å². The van der Waals surface area contributed by atoms with Crippen LogP contribution in [0.25, 0.3) is 0 Å². The van der Waals surface area contributed by atoms with E-state index in [1.807, 2.05) is 17.1 Å². The Morgan fingerprint density at radius 2 is 1.89 bits per heavy atom. The van der Waals surface area contributed by atoms with Crippen molar-refractivity contribution < 1.29 is 33.8 Å². The zero-order chi connectivity index (χ0) is 26.2. The zero-order valence-electron chi connectivity index (χ0n) is 21.3. The molecule has 2 N–H and O–H groups in total. The molecular formula is C27H37N3O7. The van der Waals surface area contributed by atoms with Crippen molar-refractivity contribution in [1.82, 2.24) is 15.1 Å². The fourth-order valence-electron chi connectivity index (χ4n) is 6.72. The van der Waals surface area contributed by atoms with E-state index >= 15 is 0 Å². The van der Waals surface area contributed by atoms with E-state index in [2.05, 4.69) is 5.32 Å². The molecule has 6 atom stereocenters. The quantitative estimate of drug-likeness (QED) is 0.418. The van der Waals surface area contributed by atoms with Crippen molar-refractivity contribution in [2.45, 2.75) is 81.8 Å². The number of nitrogens with one attached hydrogen (secondary N) is 1. The lowest BCUT2D eigenvalue weighted by Gasteiger charge is -2.40. The van der Waals surface area contributed by atoms with Crippen LogP contribution >= 0.6 is 0 Å². The van der Waals surface area contributed by atoms with Crippen LogP contribution in [-0.4, -0.2) is 94.7 Å². The van der Waals surface area contributed by atoms with Gasteiger partial charge in [0.25, 0.3) is 0 Å². The van der Waals surface area contributed by atoms with Gasteiger partial charge in [0, 0.05) is 25.6 Å². The van der Waals surface area contributed by atoms with Crippen molar-refractivity contribution in [2.75, 3.05) is 26.2 Å². The summed E-state index contributed by atoms with van der Waals surface area (Å²) < 4.78 is 12.0. The van der Waals surface area contributed by atoms with Crippen molar-refractivity contribution >= 4 is 23.7 Å². The van der Waals surface area contributed by atoms with E-state index in [9.17, 15) is 24.3 Å². The Labute approximate surface area is 217 Å². The molecule has 10 heteroatoms. The maximum atomic E-state index is 14.4. The molecule has 4 aliphatic heterocycles. The lowest BCUT2D eigenvalue weighted by molar-refractivity contribution is -0.158. The Morgan fingerprint density at radius 3 is 2.65 bits per heavy atom. The molecule has 3 amide bonds. The Bertz CT molecular complexity index is 990. The van der Waals surface area contributed by atoms with E-state index in [0.717, 1.165) is 32.1 Å². The van der Waals surface area contributed by atoms with Crippen LogP contribution in [0.1, 0.15) is 51.9 Å². The maximum absolute atomic E-state index is 14.4. The summed E-state index contributed by atoms with van der Waals surface area (Å²) in [4.78, 5) is 56.9. The van der Waals surface area contributed by atoms with Crippen molar-refractivity contribution in [2.24, 2.45) is 11.8 Å². The van der Waals surface area contributed by atoms with Crippen LogP contribution in [0, 0.1) is 11.8 Å². The molecule has 2 saturated heterocycles. The second-order valence-corrected chi connectivity index (χ2v) is 10.8. The molecule has 1 saturated carbocycles. The summed E-state index contributed by atoms with van der Waals surface area (Å²) in [6.45, 7) is 1.89. The smallest absolute Gasteiger partial charge is 0.313 e. The molecule has 1 spiro atoms. The molecule has 0 aromatic heterocycles. The number of carbonyl (C=O) groups excluding carboxylic acids is 4. The highest BCUT2D eigenvalue weighted by Gasteiger charge is 2.73.